The number of amides is 1. The topological polar surface area (TPSA) is 76.4 Å². The van der Waals surface area contributed by atoms with E-state index in [1.807, 2.05) is 48.3 Å². The van der Waals surface area contributed by atoms with Gasteiger partial charge in [0.15, 0.2) is 0 Å². The quantitative estimate of drug-likeness (QED) is 0.717. The number of aliphatic hydroxyl groups is 1. The van der Waals surface area contributed by atoms with Gasteiger partial charge in [0.05, 0.1) is 11.6 Å². The lowest BCUT2D eigenvalue weighted by Crippen LogP contribution is -2.43. The van der Waals surface area contributed by atoms with Crippen LogP contribution in [0.5, 0.6) is 0 Å². The van der Waals surface area contributed by atoms with Crippen LogP contribution in [0.2, 0.25) is 0 Å². The Balaban J connectivity index is 1.37. The first kappa shape index (κ1) is 20.6. The van der Waals surface area contributed by atoms with Gasteiger partial charge < -0.3 is 10.0 Å². The molecule has 0 aromatic heterocycles. The van der Waals surface area contributed by atoms with E-state index in [0.29, 0.717) is 11.1 Å². The molecule has 0 radical (unpaired) electrons. The van der Waals surface area contributed by atoms with E-state index in [0.717, 1.165) is 43.2 Å². The molecule has 30 heavy (non-hydrogen) atoms. The van der Waals surface area contributed by atoms with Crippen LogP contribution in [-0.4, -0.2) is 40.8 Å². The van der Waals surface area contributed by atoms with Crippen molar-refractivity contribution in [2.45, 2.75) is 56.8 Å². The summed E-state index contributed by atoms with van der Waals surface area (Å²) in [6.07, 6.45) is 4.44. The third-order valence-corrected chi connectivity index (χ3v) is 6.74. The second kappa shape index (κ2) is 8.22. The fraction of sp³-hybridized carbons (Fsp3) is 0.440. The molecule has 5 heteroatoms. The molecule has 0 spiro atoms. The Morgan fingerprint density at radius 1 is 1.13 bits per heavy atom. The number of carbonyl (C=O) groups excluding carboxylic acids is 1. The first-order valence-corrected chi connectivity index (χ1v) is 10.7. The minimum absolute atomic E-state index is 0.0173. The lowest BCUT2D eigenvalue weighted by atomic mass is 10.0. The van der Waals surface area contributed by atoms with Gasteiger partial charge in [-0.1, -0.05) is 24.3 Å². The monoisotopic (exact) mass is 403 g/mol. The Labute approximate surface area is 178 Å². The predicted octanol–water partition coefficient (Wildman–Crippen LogP) is 3.93. The zero-order valence-electron chi connectivity index (χ0n) is 17.6. The van der Waals surface area contributed by atoms with Crippen molar-refractivity contribution < 1.29 is 9.90 Å². The van der Waals surface area contributed by atoms with Gasteiger partial charge in [0.2, 0.25) is 0 Å². The van der Waals surface area contributed by atoms with Gasteiger partial charge in [-0.25, -0.2) is 0 Å². The molecule has 0 bridgehead atoms. The van der Waals surface area contributed by atoms with Gasteiger partial charge >= 0.3 is 0 Å². The number of nitrogens with one attached hydrogen (secondary N) is 1. The van der Waals surface area contributed by atoms with E-state index in [2.05, 4.69) is 18.3 Å². The second-order valence-electron chi connectivity index (χ2n) is 9.06. The highest BCUT2D eigenvalue weighted by Crippen LogP contribution is 2.38. The van der Waals surface area contributed by atoms with Crippen LogP contribution in [-0.2, 0) is 0 Å². The van der Waals surface area contributed by atoms with Gasteiger partial charge in [0.25, 0.3) is 5.91 Å². The summed E-state index contributed by atoms with van der Waals surface area (Å²) in [7, 11) is 1.87. The van der Waals surface area contributed by atoms with E-state index < -0.39 is 6.23 Å². The minimum atomic E-state index is -0.488. The maximum Gasteiger partial charge on any atom is 0.253 e. The third kappa shape index (κ3) is 4.40. The standard InChI is InChI=1S/C25H29N3O2/c1-25(13-14-25)27-23(29)21-11-12-22(15-21)28(2)24(30)20-9-7-19(8-10-20)18-5-3-17(16-26)4-6-18/h3-10,21-23,27,29H,11-15H2,1-2H3/t21-,22+,23?/m0/s1. The fourth-order valence-electron chi connectivity index (χ4n) is 4.35. The van der Waals surface area contributed by atoms with Crippen molar-refractivity contribution in [3.05, 3.63) is 59.7 Å². The molecule has 0 saturated heterocycles. The molecule has 5 nitrogen and oxygen atoms in total. The summed E-state index contributed by atoms with van der Waals surface area (Å²) in [5, 5.41) is 22.8. The van der Waals surface area contributed by atoms with E-state index in [1.54, 1.807) is 12.1 Å². The molecule has 2 aromatic carbocycles. The van der Waals surface area contributed by atoms with Crippen LogP contribution < -0.4 is 5.32 Å². The van der Waals surface area contributed by atoms with Crippen molar-refractivity contribution >= 4 is 5.91 Å². The summed E-state index contributed by atoms with van der Waals surface area (Å²) in [5.41, 5.74) is 3.44. The number of rotatable bonds is 6. The summed E-state index contributed by atoms with van der Waals surface area (Å²) in [6, 6.07) is 17.3. The number of aliphatic hydroxyl groups excluding tert-OH is 1. The van der Waals surface area contributed by atoms with Crippen LogP contribution in [0.3, 0.4) is 0 Å². The number of carbonyl (C=O) groups is 1. The van der Waals surface area contributed by atoms with E-state index in [4.69, 9.17) is 5.26 Å². The molecule has 1 unspecified atom stereocenters. The number of nitriles is 1. The molecule has 3 atom stereocenters. The normalized spacial score (nSPS) is 22.9. The number of hydrogen-bond donors (Lipinski definition) is 2. The Hall–Kier alpha value is -2.68. The highest BCUT2D eigenvalue weighted by Gasteiger charge is 2.42. The van der Waals surface area contributed by atoms with Crippen molar-refractivity contribution in [1.82, 2.24) is 10.2 Å². The SMILES string of the molecule is CN(C(=O)c1ccc(-c2ccc(C#N)cc2)cc1)[C@@H]1CC[C@H](C(O)NC2(C)CC2)C1. The minimum Gasteiger partial charge on any atom is -0.378 e. The summed E-state index contributed by atoms with van der Waals surface area (Å²) >= 11 is 0. The fourth-order valence-corrected chi connectivity index (χ4v) is 4.35. The van der Waals surface area contributed by atoms with Crippen LogP contribution in [0.25, 0.3) is 11.1 Å². The van der Waals surface area contributed by atoms with Crippen molar-refractivity contribution in [3.63, 3.8) is 0 Å². The number of benzene rings is 2. The highest BCUT2D eigenvalue weighted by atomic mass is 16.3. The van der Waals surface area contributed by atoms with Crippen molar-refractivity contribution in [2.75, 3.05) is 7.05 Å². The largest absolute Gasteiger partial charge is 0.378 e. The molecule has 0 aliphatic heterocycles. The van der Waals surface area contributed by atoms with Crippen molar-refractivity contribution in [1.29, 1.82) is 5.26 Å². The zero-order chi connectivity index (χ0) is 21.3. The van der Waals surface area contributed by atoms with Crippen LogP contribution in [0.1, 0.15) is 54.9 Å². The Bertz CT molecular complexity index is 942. The van der Waals surface area contributed by atoms with Crippen molar-refractivity contribution in [3.8, 4) is 17.2 Å². The molecule has 2 aliphatic carbocycles. The molecule has 1 amide bonds. The maximum atomic E-state index is 13.0. The molecule has 156 valence electrons. The van der Waals surface area contributed by atoms with Crippen LogP contribution in [0.4, 0.5) is 0 Å². The van der Waals surface area contributed by atoms with Gasteiger partial charge in [-0.15, -0.1) is 0 Å². The van der Waals surface area contributed by atoms with Crippen LogP contribution in [0.15, 0.2) is 48.5 Å². The molecule has 2 aromatic rings. The molecule has 0 heterocycles. The molecule has 2 fully saturated rings. The summed E-state index contributed by atoms with van der Waals surface area (Å²) in [5.74, 6) is 0.213. The molecule has 2 saturated carbocycles. The Kier molecular flexibility index (Phi) is 5.64. The summed E-state index contributed by atoms with van der Waals surface area (Å²) in [6.45, 7) is 2.15. The van der Waals surface area contributed by atoms with E-state index in [1.165, 1.54) is 0 Å². The molecular weight excluding hydrogens is 374 g/mol. The average Bonchev–Trinajstić information content (AvgIpc) is 3.29. The zero-order valence-corrected chi connectivity index (χ0v) is 17.6. The van der Waals surface area contributed by atoms with E-state index >= 15 is 0 Å². The first-order chi connectivity index (χ1) is 14.4. The van der Waals surface area contributed by atoms with Gasteiger partial charge in [-0.05, 0) is 74.4 Å². The average molecular weight is 404 g/mol. The van der Waals surface area contributed by atoms with Crippen LogP contribution >= 0.6 is 0 Å². The highest BCUT2D eigenvalue weighted by molar-refractivity contribution is 5.94. The number of nitrogens with zero attached hydrogens (tertiary/aromatic N) is 2. The third-order valence-electron chi connectivity index (χ3n) is 6.74. The lowest BCUT2D eigenvalue weighted by molar-refractivity contribution is 0.0562. The maximum absolute atomic E-state index is 13.0. The predicted molar refractivity (Wildman–Crippen MR) is 117 cm³/mol. The number of hydrogen-bond acceptors (Lipinski definition) is 4. The smallest absolute Gasteiger partial charge is 0.253 e. The molecular formula is C25H29N3O2. The van der Waals surface area contributed by atoms with E-state index in [9.17, 15) is 9.90 Å². The summed E-state index contributed by atoms with van der Waals surface area (Å²) < 4.78 is 0. The molecule has 4 rings (SSSR count). The van der Waals surface area contributed by atoms with Crippen LogP contribution in [0, 0.1) is 17.2 Å². The first-order valence-electron chi connectivity index (χ1n) is 10.7. The Morgan fingerprint density at radius 3 is 2.30 bits per heavy atom. The van der Waals surface area contributed by atoms with E-state index in [-0.39, 0.29) is 23.4 Å². The molecule has 2 N–H and O–H groups in total. The summed E-state index contributed by atoms with van der Waals surface area (Å²) in [4.78, 5) is 14.8. The molecule has 2 aliphatic rings. The van der Waals surface area contributed by atoms with Gasteiger partial charge in [0, 0.05) is 30.1 Å². The van der Waals surface area contributed by atoms with Crippen molar-refractivity contribution in [2.24, 2.45) is 5.92 Å². The Morgan fingerprint density at radius 2 is 1.73 bits per heavy atom. The lowest BCUT2D eigenvalue weighted by Gasteiger charge is -2.27. The van der Waals surface area contributed by atoms with Gasteiger partial charge in [-0.2, -0.15) is 5.26 Å². The second-order valence-corrected chi connectivity index (χ2v) is 9.06. The van der Waals surface area contributed by atoms with Gasteiger partial charge in [0.1, 0.15) is 6.23 Å². The van der Waals surface area contributed by atoms with Gasteiger partial charge in [-0.3, -0.25) is 10.1 Å².